The molecule has 29 heavy (non-hydrogen) atoms. The molecule has 1 aliphatic rings. The number of hydrogen-bond donors (Lipinski definition) is 1. The first-order valence-corrected chi connectivity index (χ1v) is 11.8. The summed E-state index contributed by atoms with van der Waals surface area (Å²) < 4.78 is 2.92. The van der Waals surface area contributed by atoms with Crippen molar-refractivity contribution in [2.45, 2.75) is 30.1 Å². The Balaban J connectivity index is 1.32. The van der Waals surface area contributed by atoms with Gasteiger partial charge in [0.2, 0.25) is 16.9 Å². The van der Waals surface area contributed by atoms with E-state index in [1.165, 1.54) is 34.1 Å². The van der Waals surface area contributed by atoms with Crippen LogP contribution in [0.2, 0.25) is 0 Å². The maximum atomic E-state index is 12.4. The summed E-state index contributed by atoms with van der Waals surface area (Å²) in [6.45, 7) is 1.57. The van der Waals surface area contributed by atoms with Gasteiger partial charge in [-0.05, 0) is 31.4 Å². The number of benzene rings is 1. The number of nitrogens with zero attached hydrogens (tertiary/aromatic N) is 4. The number of carbonyl (C=O) groups excluding carboxylic acids is 2. The number of fused-ring (bicyclic) bond motifs is 1. The Hall–Kier alpha value is -2.24. The minimum atomic E-state index is -0.340. The van der Waals surface area contributed by atoms with Crippen LogP contribution in [0.25, 0.3) is 10.2 Å². The van der Waals surface area contributed by atoms with Crippen molar-refractivity contribution in [1.82, 2.24) is 19.7 Å². The standard InChI is InChI=1S/C18H19N5O3S3/c24-14(10-23-12-6-2-3-7-13(12)28-18(23)26)19-16-20-21-17(29-16)27-11-15(25)22-8-4-1-5-9-22/h2-3,6-7H,1,4-5,8-11H2,(H,19,20,24). The highest BCUT2D eigenvalue weighted by Gasteiger charge is 2.18. The van der Waals surface area contributed by atoms with Gasteiger partial charge in [-0.25, -0.2) is 0 Å². The van der Waals surface area contributed by atoms with Crippen molar-refractivity contribution in [2.75, 3.05) is 24.2 Å². The van der Waals surface area contributed by atoms with E-state index in [2.05, 4.69) is 15.5 Å². The third kappa shape index (κ3) is 4.85. The fourth-order valence-corrected chi connectivity index (χ4v) is 5.70. The normalized spacial score (nSPS) is 14.3. The maximum Gasteiger partial charge on any atom is 0.308 e. The first-order chi connectivity index (χ1) is 14.1. The molecular formula is C18H19N5O3S3. The molecule has 2 amide bonds. The van der Waals surface area contributed by atoms with Gasteiger partial charge < -0.3 is 4.90 Å². The SMILES string of the molecule is O=C(Cn1c(=O)sc2ccccc21)Nc1nnc(SCC(=O)N2CCCCC2)s1. The lowest BCUT2D eigenvalue weighted by atomic mass is 10.1. The molecule has 1 saturated heterocycles. The van der Waals surface area contributed by atoms with Crippen LogP contribution in [-0.4, -0.2) is 50.3 Å². The molecule has 4 rings (SSSR count). The predicted octanol–water partition coefficient (Wildman–Crippen LogP) is 2.66. The van der Waals surface area contributed by atoms with Gasteiger partial charge in [0, 0.05) is 13.1 Å². The number of nitrogens with one attached hydrogen (secondary N) is 1. The number of likely N-dealkylation sites (tertiary alicyclic amines) is 1. The summed E-state index contributed by atoms with van der Waals surface area (Å²) in [7, 11) is 0. The molecule has 152 valence electrons. The Labute approximate surface area is 178 Å². The second-order valence-corrected chi connectivity index (χ2v) is 9.77. The van der Waals surface area contributed by atoms with Crippen molar-refractivity contribution in [3.63, 3.8) is 0 Å². The monoisotopic (exact) mass is 449 g/mol. The second-order valence-electron chi connectivity index (χ2n) is 6.57. The molecule has 0 spiro atoms. The molecule has 2 aromatic heterocycles. The van der Waals surface area contributed by atoms with Gasteiger partial charge in [-0.1, -0.05) is 46.6 Å². The number of para-hydroxylation sites is 1. The molecule has 8 nitrogen and oxygen atoms in total. The average molecular weight is 450 g/mol. The number of amides is 2. The van der Waals surface area contributed by atoms with Gasteiger partial charge in [-0.15, -0.1) is 10.2 Å². The van der Waals surface area contributed by atoms with Crippen LogP contribution in [0.4, 0.5) is 5.13 Å². The quantitative estimate of drug-likeness (QED) is 0.459. The molecule has 11 heteroatoms. The van der Waals surface area contributed by atoms with E-state index >= 15 is 0 Å². The first-order valence-electron chi connectivity index (χ1n) is 9.22. The molecule has 3 heterocycles. The lowest BCUT2D eigenvalue weighted by molar-refractivity contribution is -0.129. The summed E-state index contributed by atoms with van der Waals surface area (Å²) in [5.41, 5.74) is 0.738. The van der Waals surface area contributed by atoms with Crippen LogP contribution < -0.4 is 10.2 Å². The van der Waals surface area contributed by atoms with Crippen LogP contribution in [0.15, 0.2) is 33.4 Å². The number of hydrogen-bond acceptors (Lipinski definition) is 8. The molecule has 0 atom stereocenters. The summed E-state index contributed by atoms with van der Waals surface area (Å²) in [5, 5.41) is 11.0. The molecule has 0 aliphatic carbocycles. The largest absolute Gasteiger partial charge is 0.342 e. The van der Waals surface area contributed by atoms with E-state index < -0.39 is 0 Å². The number of thiazole rings is 1. The molecule has 1 aromatic carbocycles. The molecule has 0 saturated carbocycles. The van der Waals surface area contributed by atoms with Crippen molar-refractivity contribution in [2.24, 2.45) is 0 Å². The van der Waals surface area contributed by atoms with Crippen LogP contribution in [-0.2, 0) is 16.1 Å². The van der Waals surface area contributed by atoms with Gasteiger partial charge in [0.25, 0.3) is 0 Å². The highest BCUT2D eigenvalue weighted by molar-refractivity contribution is 8.01. The Morgan fingerprint density at radius 2 is 1.90 bits per heavy atom. The number of rotatable bonds is 6. The van der Waals surface area contributed by atoms with E-state index in [9.17, 15) is 14.4 Å². The summed E-state index contributed by atoms with van der Waals surface area (Å²) >= 11 is 3.67. The van der Waals surface area contributed by atoms with Gasteiger partial charge in [-0.3, -0.25) is 24.3 Å². The Morgan fingerprint density at radius 3 is 2.72 bits per heavy atom. The molecule has 0 unspecified atom stereocenters. The minimum Gasteiger partial charge on any atom is -0.342 e. The van der Waals surface area contributed by atoms with Crippen LogP contribution in [0.5, 0.6) is 0 Å². The topological polar surface area (TPSA) is 97.2 Å². The zero-order valence-electron chi connectivity index (χ0n) is 15.5. The maximum absolute atomic E-state index is 12.4. The van der Waals surface area contributed by atoms with Crippen molar-refractivity contribution < 1.29 is 9.59 Å². The van der Waals surface area contributed by atoms with Gasteiger partial charge in [-0.2, -0.15) is 0 Å². The van der Waals surface area contributed by atoms with Crippen molar-refractivity contribution >= 4 is 61.6 Å². The van der Waals surface area contributed by atoms with Gasteiger partial charge in [0.15, 0.2) is 4.34 Å². The van der Waals surface area contributed by atoms with E-state index in [0.29, 0.717) is 15.2 Å². The molecule has 0 bridgehead atoms. The Kier molecular flexibility index (Phi) is 6.26. The number of carbonyl (C=O) groups is 2. The van der Waals surface area contributed by atoms with Crippen LogP contribution in [0.1, 0.15) is 19.3 Å². The fraction of sp³-hybridized carbons (Fsp3) is 0.389. The number of anilines is 1. The van der Waals surface area contributed by atoms with Crippen LogP contribution in [0, 0.1) is 0 Å². The number of piperidine rings is 1. The highest BCUT2D eigenvalue weighted by atomic mass is 32.2. The zero-order valence-corrected chi connectivity index (χ0v) is 17.9. The molecule has 0 radical (unpaired) electrons. The molecule has 1 aliphatic heterocycles. The Morgan fingerprint density at radius 1 is 1.10 bits per heavy atom. The summed E-state index contributed by atoms with van der Waals surface area (Å²) in [6, 6.07) is 7.37. The summed E-state index contributed by atoms with van der Waals surface area (Å²) in [6.07, 6.45) is 3.31. The average Bonchev–Trinajstić information content (AvgIpc) is 3.31. The minimum absolute atomic E-state index is 0.0850. The summed E-state index contributed by atoms with van der Waals surface area (Å²) in [5.74, 6) is 0.0886. The Bertz CT molecular complexity index is 1080. The van der Waals surface area contributed by atoms with E-state index in [4.69, 9.17) is 0 Å². The zero-order chi connectivity index (χ0) is 20.2. The fourth-order valence-electron chi connectivity index (χ4n) is 3.14. The lowest BCUT2D eigenvalue weighted by Gasteiger charge is -2.26. The van der Waals surface area contributed by atoms with Crippen LogP contribution in [0.3, 0.4) is 0 Å². The first kappa shape index (κ1) is 20.0. The van der Waals surface area contributed by atoms with Crippen molar-refractivity contribution in [3.05, 3.63) is 33.9 Å². The highest BCUT2D eigenvalue weighted by Crippen LogP contribution is 2.26. The molecule has 1 N–H and O–H groups in total. The van der Waals surface area contributed by atoms with E-state index in [-0.39, 0.29) is 23.2 Å². The third-order valence-electron chi connectivity index (χ3n) is 4.56. The van der Waals surface area contributed by atoms with Gasteiger partial charge in [0.1, 0.15) is 6.54 Å². The van der Waals surface area contributed by atoms with E-state index in [1.807, 2.05) is 29.2 Å². The predicted molar refractivity (Wildman–Crippen MR) is 116 cm³/mol. The molecule has 1 fully saturated rings. The molecule has 3 aromatic rings. The second kappa shape index (κ2) is 9.06. The van der Waals surface area contributed by atoms with Crippen LogP contribution >= 0.6 is 34.4 Å². The van der Waals surface area contributed by atoms with Crippen molar-refractivity contribution in [1.29, 1.82) is 0 Å². The van der Waals surface area contributed by atoms with Gasteiger partial charge >= 0.3 is 4.87 Å². The third-order valence-corrected chi connectivity index (χ3v) is 7.47. The smallest absolute Gasteiger partial charge is 0.308 e. The number of thioether (sulfide) groups is 1. The lowest BCUT2D eigenvalue weighted by Crippen LogP contribution is -2.36. The van der Waals surface area contributed by atoms with E-state index in [1.54, 1.807) is 0 Å². The van der Waals surface area contributed by atoms with E-state index in [0.717, 1.165) is 47.5 Å². The summed E-state index contributed by atoms with van der Waals surface area (Å²) in [4.78, 5) is 38.5. The number of aromatic nitrogens is 3. The van der Waals surface area contributed by atoms with Crippen molar-refractivity contribution in [3.8, 4) is 0 Å². The molecular weight excluding hydrogens is 430 g/mol. The van der Waals surface area contributed by atoms with Gasteiger partial charge in [0.05, 0.1) is 16.0 Å².